The second-order valence-corrected chi connectivity index (χ2v) is 6.45. The molecule has 1 aliphatic carbocycles. The molecule has 0 saturated heterocycles. The number of likely N-dealkylation sites (N-methyl/N-ethyl adjacent to an activating group) is 1. The molecule has 1 fully saturated rings. The lowest BCUT2D eigenvalue weighted by Crippen LogP contribution is -2.55. The summed E-state index contributed by atoms with van der Waals surface area (Å²) < 4.78 is 0. The van der Waals surface area contributed by atoms with Crippen LogP contribution in [0.2, 0.25) is 0 Å². The maximum Gasteiger partial charge on any atom is 0.226 e. The van der Waals surface area contributed by atoms with Gasteiger partial charge in [0.25, 0.3) is 0 Å². The summed E-state index contributed by atoms with van der Waals surface area (Å²) in [7, 11) is 4.23. The molecular weight excluding hydrogens is 262 g/mol. The smallest absolute Gasteiger partial charge is 0.226 e. The number of nitrogens with two attached hydrogens (primary N) is 1. The predicted octanol–water partition coefficient (Wildman–Crippen LogP) is 1.77. The van der Waals surface area contributed by atoms with Crippen LogP contribution in [0.15, 0.2) is 0 Å². The molecule has 0 heterocycles. The Balaban J connectivity index is 0.00000324. The van der Waals surface area contributed by atoms with E-state index in [1.54, 1.807) is 0 Å². The number of rotatable bonds is 5. The number of amides is 1. The van der Waals surface area contributed by atoms with Gasteiger partial charge in [-0.05, 0) is 40.8 Å². The zero-order valence-corrected chi connectivity index (χ0v) is 13.6. The highest BCUT2D eigenvalue weighted by molar-refractivity contribution is 5.85. The summed E-state index contributed by atoms with van der Waals surface area (Å²) >= 11 is 0. The molecule has 0 spiro atoms. The van der Waals surface area contributed by atoms with E-state index in [1.807, 2.05) is 13.8 Å². The highest BCUT2D eigenvalue weighted by Crippen LogP contribution is 2.31. The third kappa shape index (κ3) is 4.62. The van der Waals surface area contributed by atoms with Crippen molar-refractivity contribution in [1.29, 1.82) is 0 Å². The van der Waals surface area contributed by atoms with Crippen molar-refractivity contribution in [2.75, 3.05) is 27.2 Å². The van der Waals surface area contributed by atoms with Gasteiger partial charge in [-0.15, -0.1) is 12.4 Å². The number of halogens is 1. The molecular formula is C14H30ClN3O. The van der Waals surface area contributed by atoms with Crippen LogP contribution in [0.3, 0.4) is 0 Å². The highest BCUT2D eigenvalue weighted by Gasteiger charge is 2.36. The van der Waals surface area contributed by atoms with Gasteiger partial charge in [-0.2, -0.15) is 0 Å². The van der Waals surface area contributed by atoms with Crippen molar-refractivity contribution in [3.63, 3.8) is 0 Å². The number of hydrogen-bond acceptors (Lipinski definition) is 3. The first kappa shape index (κ1) is 18.7. The van der Waals surface area contributed by atoms with Crippen molar-refractivity contribution in [1.82, 2.24) is 10.2 Å². The van der Waals surface area contributed by atoms with Gasteiger partial charge >= 0.3 is 0 Å². The Hall–Kier alpha value is -0.320. The maximum absolute atomic E-state index is 12.1. The molecule has 0 aromatic rings. The lowest BCUT2D eigenvalue weighted by Gasteiger charge is -2.43. The topological polar surface area (TPSA) is 58.4 Å². The fourth-order valence-corrected chi connectivity index (χ4v) is 2.57. The van der Waals surface area contributed by atoms with Crippen LogP contribution in [0.25, 0.3) is 0 Å². The summed E-state index contributed by atoms with van der Waals surface area (Å²) in [6.07, 6.45) is 6.17. The summed E-state index contributed by atoms with van der Waals surface area (Å²) in [4.78, 5) is 14.4. The lowest BCUT2D eigenvalue weighted by atomic mass is 9.80. The quantitative estimate of drug-likeness (QED) is 0.812. The molecule has 3 N–H and O–H groups in total. The van der Waals surface area contributed by atoms with E-state index in [9.17, 15) is 4.79 Å². The average molecular weight is 292 g/mol. The second kappa shape index (κ2) is 7.46. The van der Waals surface area contributed by atoms with E-state index in [2.05, 4.69) is 24.3 Å². The van der Waals surface area contributed by atoms with Crippen molar-refractivity contribution in [3.05, 3.63) is 0 Å². The predicted molar refractivity (Wildman–Crippen MR) is 82.6 cm³/mol. The van der Waals surface area contributed by atoms with Crippen LogP contribution in [0.1, 0.15) is 46.0 Å². The van der Waals surface area contributed by atoms with Crippen LogP contribution in [0.5, 0.6) is 0 Å². The van der Waals surface area contributed by atoms with E-state index in [1.165, 1.54) is 32.1 Å². The van der Waals surface area contributed by atoms with Crippen LogP contribution in [-0.4, -0.2) is 43.5 Å². The van der Waals surface area contributed by atoms with Gasteiger partial charge in [0.2, 0.25) is 5.91 Å². The lowest BCUT2D eigenvalue weighted by molar-refractivity contribution is -0.129. The summed E-state index contributed by atoms with van der Waals surface area (Å²) in [6.45, 7) is 4.91. The Morgan fingerprint density at radius 3 is 2.21 bits per heavy atom. The van der Waals surface area contributed by atoms with E-state index in [0.717, 1.165) is 6.54 Å². The summed E-state index contributed by atoms with van der Waals surface area (Å²) in [5, 5.41) is 3.11. The van der Waals surface area contributed by atoms with Gasteiger partial charge in [0.1, 0.15) is 0 Å². The van der Waals surface area contributed by atoms with Crippen LogP contribution in [-0.2, 0) is 4.79 Å². The Bertz CT molecular complexity index is 286. The largest absolute Gasteiger partial charge is 0.354 e. The normalized spacial score (nSPS) is 18.8. The van der Waals surface area contributed by atoms with Crippen LogP contribution in [0.4, 0.5) is 0 Å². The third-order valence-corrected chi connectivity index (χ3v) is 4.44. The molecule has 0 aromatic carbocycles. The van der Waals surface area contributed by atoms with Gasteiger partial charge in [-0.3, -0.25) is 4.79 Å². The molecule has 0 unspecified atom stereocenters. The van der Waals surface area contributed by atoms with E-state index in [4.69, 9.17) is 5.73 Å². The number of nitrogens with zero attached hydrogens (tertiary/aromatic N) is 1. The molecule has 1 aliphatic rings. The first-order chi connectivity index (χ1) is 8.34. The number of hydrogen-bond donors (Lipinski definition) is 2. The molecule has 0 radical (unpaired) electrons. The molecule has 1 saturated carbocycles. The maximum atomic E-state index is 12.1. The van der Waals surface area contributed by atoms with Crippen LogP contribution >= 0.6 is 12.4 Å². The molecule has 0 bridgehead atoms. The minimum absolute atomic E-state index is 0. The minimum atomic E-state index is -0.470. The summed E-state index contributed by atoms with van der Waals surface area (Å²) in [6, 6.07) is 0. The average Bonchev–Trinajstić information content (AvgIpc) is 2.36. The van der Waals surface area contributed by atoms with Gasteiger partial charge in [0.15, 0.2) is 0 Å². The van der Waals surface area contributed by atoms with E-state index < -0.39 is 5.41 Å². The fourth-order valence-electron chi connectivity index (χ4n) is 2.57. The van der Waals surface area contributed by atoms with Crippen molar-refractivity contribution in [2.24, 2.45) is 11.1 Å². The van der Waals surface area contributed by atoms with E-state index in [-0.39, 0.29) is 23.9 Å². The SMILES string of the molecule is CN(C)C1(CNC(=O)C(C)(C)CN)CCCCC1.Cl. The van der Waals surface area contributed by atoms with Crippen molar-refractivity contribution in [2.45, 2.75) is 51.5 Å². The first-order valence-corrected chi connectivity index (χ1v) is 7.00. The molecule has 0 aliphatic heterocycles. The van der Waals surface area contributed by atoms with Crippen molar-refractivity contribution < 1.29 is 4.79 Å². The molecule has 19 heavy (non-hydrogen) atoms. The summed E-state index contributed by atoms with van der Waals surface area (Å²) in [5.74, 6) is 0.0665. The Kier molecular flexibility index (Phi) is 7.33. The molecule has 1 rings (SSSR count). The zero-order valence-electron chi connectivity index (χ0n) is 12.8. The van der Waals surface area contributed by atoms with Gasteiger partial charge in [0, 0.05) is 18.6 Å². The van der Waals surface area contributed by atoms with Gasteiger partial charge in [-0.25, -0.2) is 0 Å². The molecule has 114 valence electrons. The zero-order chi connectivity index (χ0) is 13.8. The molecule has 1 amide bonds. The Morgan fingerprint density at radius 1 is 1.26 bits per heavy atom. The van der Waals surface area contributed by atoms with E-state index >= 15 is 0 Å². The number of carbonyl (C=O) groups is 1. The van der Waals surface area contributed by atoms with Gasteiger partial charge in [0.05, 0.1) is 5.41 Å². The van der Waals surface area contributed by atoms with E-state index in [0.29, 0.717) is 6.54 Å². The van der Waals surface area contributed by atoms with Crippen molar-refractivity contribution >= 4 is 18.3 Å². The highest BCUT2D eigenvalue weighted by atomic mass is 35.5. The molecule has 5 heteroatoms. The second-order valence-electron chi connectivity index (χ2n) is 6.45. The van der Waals surface area contributed by atoms with Gasteiger partial charge in [-0.1, -0.05) is 19.3 Å². The van der Waals surface area contributed by atoms with Crippen LogP contribution < -0.4 is 11.1 Å². The Morgan fingerprint density at radius 2 is 1.79 bits per heavy atom. The molecule has 0 aromatic heterocycles. The minimum Gasteiger partial charge on any atom is -0.354 e. The Labute approximate surface area is 123 Å². The standard InChI is InChI=1S/C14H29N3O.ClH/c1-13(2,10-15)12(18)16-11-14(17(3)4)8-6-5-7-9-14;/h5-11,15H2,1-4H3,(H,16,18);1H. The van der Waals surface area contributed by atoms with Gasteiger partial charge < -0.3 is 16.0 Å². The molecule has 4 nitrogen and oxygen atoms in total. The number of carbonyl (C=O) groups excluding carboxylic acids is 1. The number of nitrogens with one attached hydrogen (secondary N) is 1. The van der Waals surface area contributed by atoms with Crippen LogP contribution in [0, 0.1) is 5.41 Å². The first-order valence-electron chi connectivity index (χ1n) is 7.00. The monoisotopic (exact) mass is 291 g/mol. The van der Waals surface area contributed by atoms with Crippen molar-refractivity contribution in [3.8, 4) is 0 Å². The third-order valence-electron chi connectivity index (χ3n) is 4.44. The summed E-state index contributed by atoms with van der Waals surface area (Å²) in [5.41, 5.74) is 5.30. The molecule has 0 atom stereocenters. The fraction of sp³-hybridized carbons (Fsp3) is 0.929.